The Morgan fingerprint density at radius 1 is 0.449 bits per heavy atom. The van der Waals surface area contributed by atoms with Crippen molar-refractivity contribution in [3.8, 4) is 0 Å². The minimum Gasteiger partial charge on any atom is -0.462 e. The van der Waals surface area contributed by atoms with Crippen molar-refractivity contribution in [1.82, 2.24) is 0 Å². The highest BCUT2D eigenvalue weighted by molar-refractivity contribution is 7.47. The fourth-order valence-electron chi connectivity index (χ4n) is 7.12. The van der Waals surface area contributed by atoms with Crippen LogP contribution < -0.4 is 5.73 Å². The number of nitrogens with two attached hydrogens (primary N) is 1. The van der Waals surface area contributed by atoms with Gasteiger partial charge in [-0.1, -0.05) is 213 Å². The van der Waals surface area contributed by atoms with Gasteiger partial charge in [-0.15, -0.1) is 0 Å². The second-order valence-electron chi connectivity index (χ2n) is 17.7. The Hall–Kier alpha value is -3.33. The molecule has 0 aliphatic carbocycles. The van der Waals surface area contributed by atoms with Crippen LogP contribution in [0.15, 0.2) is 109 Å². The predicted molar refractivity (Wildman–Crippen MR) is 293 cm³/mol. The molecule has 2 atom stereocenters. The van der Waals surface area contributed by atoms with Crippen molar-refractivity contribution < 1.29 is 37.6 Å². The molecule has 0 bridgehead atoms. The minimum atomic E-state index is -4.40. The number of hydrogen-bond acceptors (Lipinski definition) is 8. The smallest absolute Gasteiger partial charge is 0.462 e. The van der Waals surface area contributed by atoms with Crippen molar-refractivity contribution in [3.05, 3.63) is 109 Å². The van der Waals surface area contributed by atoms with Crippen molar-refractivity contribution in [1.29, 1.82) is 0 Å². The Labute approximate surface area is 422 Å². The summed E-state index contributed by atoms with van der Waals surface area (Å²) in [5.41, 5.74) is 5.37. The van der Waals surface area contributed by atoms with Gasteiger partial charge in [0.05, 0.1) is 13.2 Å². The number of phosphoric acid groups is 1. The van der Waals surface area contributed by atoms with Crippen molar-refractivity contribution in [2.45, 2.75) is 225 Å². The number of unbranched alkanes of at least 4 members (excludes halogenated alkanes) is 19. The molecule has 2 unspecified atom stereocenters. The average Bonchev–Trinajstić information content (AvgIpc) is 3.34. The first-order chi connectivity index (χ1) is 33.8. The SMILES string of the molecule is CC/C=C\C/C=C\C/C=C\C/C=C\C/C=C\C/C=C\CCCCCCC(=O)OC(COC(=O)CCCCCCCCCCCC/C=C\C/C=C\C/C=C\CCCCCCC)COP(=O)(O)OCCN. The van der Waals surface area contributed by atoms with Crippen LogP contribution in [0.4, 0.5) is 0 Å². The lowest BCUT2D eigenvalue weighted by Gasteiger charge is -2.19. The maximum Gasteiger partial charge on any atom is 0.472 e. The highest BCUT2D eigenvalue weighted by Crippen LogP contribution is 2.43. The standard InChI is InChI=1S/C59H100NO8P/c1-3-5-7-9-11-13-15-17-19-21-23-25-27-28-30-31-33-35-37-39-41-43-45-47-49-51-58(61)65-55-57(56-67-69(63,64)66-54-53-60)68-59(62)52-50-48-46-44-42-40-38-36-34-32-29-26-24-22-20-18-16-14-12-10-8-6-4-2/h6,8,12,14-15,17-18,20-21,23-24,26-28,32,34,38,40,57H,3-5,7,9-11,13,16,19,22,25,29-31,33,35-37,39,41-56,60H2,1-2H3,(H,63,64)/b8-6-,14-12-,17-15-,20-18-,23-21-,26-24-,28-27-,34-32-,40-38-. The molecule has 69 heavy (non-hydrogen) atoms. The second-order valence-corrected chi connectivity index (χ2v) is 19.2. The molecule has 0 saturated carbocycles. The van der Waals surface area contributed by atoms with E-state index in [1.807, 2.05) is 0 Å². The number of rotatable bonds is 50. The summed E-state index contributed by atoms with van der Waals surface area (Å²) in [5.74, 6) is -0.867. The fraction of sp³-hybridized carbons (Fsp3) is 0.661. The Morgan fingerprint density at radius 2 is 0.797 bits per heavy atom. The molecule has 0 saturated heterocycles. The Morgan fingerprint density at radius 3 is 1.19 bits per heavy atom. The zero-order valence-corrected chi connectivity index (χ0v) is 44.6. The molecule has 0 aromatic carbocycles. The number of carbonyl (C=O) groups excluding carboxylic acids is 2. The summed E-state index contributed by atoms with van der Waals surface area (Å²) >= 11 is 0. The average molecular weight is 982 g/mol. The van der Waals surface area contributed by atoms with Gasteiger partial charge in [0.1, 0.15) is 6.61 Å². The normalized spacial score (nSPS) is 14.0. The molecular weight excluding hydrogens is 882 g/mol. The van der Waals surface area contributed by atoms with Gasteiger partial charge in [-0.05, 0) is 103 Å². The Kier molecular flexibility index (Phi) is 51.4. The van der Waals surface area contributed by atoms with E-state index in [1.165, 1.54) is 77.0 Å². The largest absolute Gasteiger partial charge is 0.472 e. The summed E-state index contributed by atoms with van der Waals surface area (Å²) in [6.45, 7) is 3.57. The van der Waals surface area contributed by atoms with Crippen molar-refractivity contribution in [2.24, 2.45) is 5.73 Å². The molecule has 0 aromatic rings. The molecule has 0 aliphatic heterocycles. The van der Waals surface area contributed by atoms with Gasteiger partial charge in [0.2, 0.25) is 0 Å². The number of carbonyl (C=O) groups is 2. The topological polar surface area (TPSA) is 134 Å². The van der Waals surface area contributed by atoms with Crippen LogP contribution in [0.5, 0.6) is 0 Å². The van der Waals surface area contributed by atoms with Gasteiger partial charge in [0, 0.05) is 19.4 Å². The highest BCUT2D eigenvalue weighted by atomic mass is 31.2. The van der Waals surface area contributed by atoms with E-state index in [4.69, 9.17) is 24.3 Å². The predicted octanol–water partition coefficient (Wildman–Crippen LogP) is 17.1. The summed E-state index contributed by atoms with van der Waals surface area (Å²) in [6, 6.07) is 0. The lowest BCUT2D eigenvalue weighted by atomic mass is 10.1. The lowest BCUT2D eigenvalue weighted by Crippen LogP contribution is -2.29. The summed E-state index contributed by atoms with van der Waals surface area (Å²) < 4.78 is 33.0. The molecule has 0 rings (SSSR count). The summed E-state index contributed by atoms with van der Waals surface area (Å²) in [5, 5.41) is 0. The van der Waals surface area contributed by atoms with Gasteiger partial charge in [0.15, 0.2) is 6.10 Å². The van der Waals surface area contributed by atoms with Crippen LogP contribution in [-0.2, 0) is 32.7 Å². The van der Waals surface area contributed by atoms with Gasteiger partial charge in [-0.2, -0.15) is 0 Å². The first-order valence-corrected chi connectivity index (χ1v) is 28.9. The molecule has 0 heterocycles. The molecule has 3 N–H and O–H groups in total. The fourth-order valence-corrected chi connectivity index (χ4v) is 7.88. The third-order valence-corrected chi connectivity index (χ3v) is 12.1. The molecule has 394 valence electrons. The Bertz CT molecular complexity index is 1490. The first-order valence-electron chi connectivity index (χ1n) is 27.4. The monoisotopic (exact) mass is 982 g/mol. The van der Waals surface area contributed by atoms with Crippen LogP contribution in [0.2, 0.25) is 0 Å². The van der Waals surface area contributed by atoms with Gasteiger partial charge in [0.25, 0.3) is 0 Å². The van der Waals surface area contributed by atoms with E-state index in [2.05, 4.69) is 123 Å². The third kappa shape index (κ3) is 53.9. The zero-order valence-electron chi connectivity index (χ0n) is 43.8. The van der Waals surface area contributed by atoms with Crippen LogP contribution in [0, 0.1) is 0 Å². The van der Waals surface area contributed by atoms with Crippen LogP contribution >= 0.6 is 7.82 Å². The van der Waals surface area contributed by atoms with E-state index in [0.717, 1.165) is 109 Å². The maximum atomic E-state index is 12.7. The molecular formula is C59H100NO8P. The summed E-state index contributed by atoms with van der Waals surface area (Å²) in [7, 11) is -4.40. The third-order valence-electron chi connectivity index (χ3n) is 11.1. The molecule has 10 heteroatoms. The molecule has 0 radical (unpaired) electrons. The maximum absolute atomic E-state index is 12.7. The van der Waals surface area contributed by atoms with E-state index in [9.17, 15) is 19.0 Å². The van der Waals surface area contributed by atoms with Crippen LogP contribution in [0.25, 0.3) is 0 Å². The van der Waals surface area contributed by atoms with Crippen molar-refractivity contribution >= 4 is 19.8 Å². The van der Waals surface area contributed by atoms with Crippen molar-refractivity contribution in [2.75, 3.05) is 26.4 Å². The molecule has 0 spiro atoms. The molecule has 0 aliphatic rings. The van der Waals surface area contributed by atoms with Crippen molar-refractivity contribution in [3.63, 3.8) is 0 Å². The minimum absolute atomic E-state index is 0.0422. The zero-order chi connectivity index (χ0) is 50.2. The number of phosphoric ester groups is 1. The first kappa shape index (κ1) is 65.7. The van der Waals surface area contributed by atoms with E-state index in [1.54, 1.807) is 0 Å². The second kappa shape index (κ2) is 54.0. The van der Waals surface area contributed by atoms with Gasteiger partial charge < -0.3 is 20.1 Å². The number of allylic oxidation sites excluding steroid dienone is 18. The van der Waals surface area contributed by atoms with Gasteiger partial charge in [-0.25, -0.2) is 4.57 Å². The van der Waals surface area contributed by atoms with E-state index in [0.29, 0.717) is 6.42 Å². The number of esters is 2. The van der Waals surface area contributed by atoms with Crippen LogP contribution in [0.3, 0.4) is 0 Å². The number of hydrogen-bond donors (Lipinski definition) is 2. The summed E-state index contributed by atoms with van der Waals surface area (Å²) in [6.07, 6.45) is 72.7. The molecule has 0 aromatic heterocycles. The summed E-state index contributed by atoms with van der Waals surface area (Å²) in [4.78, 5) is 35.1. The van der Waals surface area contributed by atoms with E-state index in [-0.39, 0.29) is 32.6 Å². The lowest BCUT2D eigenvalue weighted by molar-refractivity contribution is -0.161. The van der Waals surface area contributed by atoms with E-state index >= 15 is 0 Å². The van der Waals surface area contributed by atoms with Crippen LogP contribution in [-0.4, -0.2) is 49.3 Å². The van der Waals surface area contributed by atoms with Crippen LogP contribution in [0.1, 0.15) is 219 Å². The quantitative estimate of drug-likeness (QED) is 0.0264. The highest BCUT2D eigenvalue weighted by Gasteiger charge is 2.26. The number of ether oxygens (including phenoxy) is 2. The van der Waals surface area contributed by atoms with Gasteiger partial charge in [-0.3, -0.25) is 18.6 Å². The molecule has 0 amide bonds. The van der Waals surface area contributed by atoms with Gasteiger partial charge >= 0.3 is 19.8 Å². The van der Waals surface area contributed by atoms with E-state index < -0.39 is 32.5 Å². The molecule has 9 nitrogen and oxygen atoms in total. The molecule has 0 fully saturated rings. The Balaban J connectivity index is 4.11.